The third-order valence-corrected chi connectivity index (χ3v) is 8.45. The third-order valence-electron chi connectivity index (χ3n) is 8.45. The number of piperidine rings is 1. The van der Waals surface area contributed by atoms with Crippen molar-refractivity contribution in [1.82, 2.24) is 9.80 Å². The molecule has 5 nitrogen and oxygen atoms in total. The van der Waals surface area contributed by atoms with Gasteiger partial charge in [-0.25, -0.2) is 0 Å². The van der Waals surface area contributed by atoms with E-state index in [0.717, 1.165) is 36.3 Å². The second kappa shape index (κ2) is 6.75. The number of primary amides is 1. The van der Waals surface area contributed by atoms with E-state index in [-0.39, 0.29) is 18.1 Å². The average Bonchev–Trinajstić information content (AvgIpc) is 2.96. The van der Waals surface area contributed by atoms with Gasteiger partial charge in [-0.2, -0.15) is 0 Å². The minimum absolute atomic E-state index is 0.257. The van der Waals surface area contributed by atoms with Crippen LogP contribution in [0.1, 0.15) is 51.4 Å². The van der Waals surface area contributed by atoms with Gasteiger partial charge in [-0.3, -0.25) is 14.6 Å². The van der Waals surface area contributed by atoms with Gasteiger partial charge in [0.15, 0.2) is 0 Å². The molecular formula is C21H35N3O2. The molecule has 3 N–H and O–H groups in total. The van der Waals surface area contributed by atoms with Crippen molar-refractivity contribution in [3.05, 3.63) is 0 Å². The topological polar surface area (TPSA) is 69.8 Å². The molecule has 1 amide bonds. The summed E-state index contributed by atoms with van der Waals surface area (Å²) in [5.74, 6) is 4.45. The van der Waals surface area contributed by atoms with Crippen molar-refractivity contribution >= 4 is 5.91 Å². The number of aliphatic hydroxyl groups is 1. The van der Waals surface area contributed by atoms with E-state index in [0.29, 0.717) is 18.9 Å². The first-order chi connectivity index (χ1) is 12.6. The number of hydrogen-bond acceptors (Lipinski definition) is 4. The molecule has 4 aliphatic carbocycles. The van der Waals surface area contributed by atoms with E-state index in [1.807, 2.05) is 0 Å². The summed E-state index contributed by atoms with van der Waals surface area (Å²) in [5.41, 5.74) is 5.54. The summed E-state index contributed by atoms with van der Waals surface area (Å²) < 4.78 is 0. The van der Waals surface area contributed by atoms with E-state index in [1.165, 1.54) is 58.0 Å². The fourth-order valence-corrected chi connectivity index (χ4v) is 7.64. The molecule has 0 radical (unpaired) electrons. The molecule has 0 aromatic carbocycles. The molecule has 0 spiro atoms. The van der Waals surface area contributed by atoms with Crippen LogP contribution in [0.3, 0.4) is 0 Å². The van der Waals surface area contributed by atoms with Crippen LogP contribution in [0.2, 0.25) is 0 Å². The van der Waals surface area contributed by atoms with Gasteiger partial charge < -0.3 is 10.8 Å². The van der Waals surface area contributed by atoms with Gasteiger partial charge in [0.2, 0.25) is 5.91 Å². The average molecular weight is 362 g/mol. The number of likely N-dealkylation sites (tertiary alicyclic amines) is 2. The van der Waals surface area contributed by atoms with Crippen LogP contribution in [0.4, 0.5) is 0 Å². The van der Waals surface area contributed by atoms with E-state index >= 15 is 0 Å². The monoisotopic (exact) mass is 361 g/mol. The zero-order chi connectivity index (χ0) is 17.8. The Hall–Kier alpha value is -0.650. The van der Waals surface area contributed by atoms with E-state index in [1.54, 1.807) is 0 Å². The number of nitrogens with two attached hydrogens (primary N) is 1. The number of β-amino-alcohol motifs (C(OH)–C–C–N with tert-alkyl or cyclic N) is 1. The van der Waals surface area contributed by atoms with E-state index in [2.05, 4.69) is 9.80 Å². The van der Waals surface area contributed by atoms with Crippen molar-refractivity contribution in [2.24, 2.45) is 35.3 Å². The molecule has 6 rings (SSSR count). The molecular weight excluding hydrogens is 326 g/mol. The van der Waals surface area contributed by atoms with Crippen LogP contribution in [0.15, 0.2) is 0 Å². The molecule has 0 aromatic rings. The van der Waals surface area contributed by atoms with Gasteiger partial charge in [0.05, 0.1) is 12.1 Å². The molecule has 6 aliphatic rings. The van der Waals surface area contributed by atoms with Crippen LogP contribution < -0.4 is 5.73 Å². The summed E-state index contributed by atoms with van der Waals surface area (Å²) in [5, 5.41) is 9.92. The summed E-state index contributed by atoms with van der Waals surface area (Å²) in [4.78, 5) is 16.7. The van der Waals surface area contributed by atoms with Gasteiger partial charge in [-0.05, 0) is 94.0 Å². The first-order valence-electron chi connectivity index (χ1n) is 11.0. The van der Waals surface area contributed by atoms with Gasteiger partial charge >= 0.3 is 0 Å². The Morgan fingerprint density at radius 3 is 2.15 bits per heavy atom. The highest BCUT2D eigenvalue weighted by Crippen LogP contribution is 2.55. The lowest BCUT2D eigenvalue weighted by Crippen LogP contribution is -2.57. The van der Waals surface area contributed by atoms with Crippen molar-refractivity contribution < 1.29 is 9.90 Å². The van der Waals surface area contributed by atoms with Crippen LogP contribution in [-0.4, -0.2) is 65.2 Å². The van der Waals surface area contributed by atoms with Crippen molar-refractivity contribution in [2.45, 2.75) is 69.6 Å². The van der Waals surface area contributed by atoms with Crippen LogP contribution in [0.5, 0.6) is 0 Å². The van der Waals surface area contributed by atoms with Crippen molar-refractivity contribution in [3.63, 3.8) is 0 Å². The zero-order valence-corrected chi connectivity index (χ0v) is 15.9. The van der Waals surface area contributed by atoms with Gasteiger partial charge in [0.25, 0.3) is 0 Å². The van der Waals surface area contributed by atoms with Crippen molar-refractivity contribution in [1.29, 1.82) is 0 Å². The summed E-state index contributed by atoms with van der Waals surface area (Å²) in [6.07, 6.45) is 10.1. The zero-order valence-electron chi connectivity index (χ0n) is 15.9. The summed E-state index contributed by atoms with van der Waals surface area (Å²) in [6.45, 7) is 4.01. The summed E-state index contributed by atoms with van der Waals surface area (Å²) in [6, 6.07) is 0.614. The largest absolute Gasteiger partial charge is 0.392 e. The lowest BCUT2D eigenvalue weighted by molar-refractivity contribution is -0.122. The van der Waals surface area contributed by atoms with E-state index < -0.39 is 0 Å². The van der Waals surface area contributed by atoms with Crippen molar-refractivity contribution in [3.8, 4) is 0 Å². The number of aliphatic hydroxyl groups excluding tert-OH is 1. The molecule has 2 heterocycles. The maximum absolute atomic E-state index is 11.7. The smallest absolute Gasteiger partial charge is 0.234 e. The Kier molecular flexibility index (Phi) is 4.53. The molecule has 6 fully saturated rings. The van der Waals surface area contributed by atoms with Crippen LogP contribution in [0, 0.1) is 29.6 Å². The second-order valence-corrected chi connectivity index (χ2v) is 10.2. The Morgan fingerprint density at radius 1 is 0.962 bits per heavy atom. The van der Waals surface area contributed by atoms with E-state index in [4.69, 9.17) is 5.73 Å². The predicted octanol–water partition coefficient (Wildman–Crippen LogP) is 1.44. The predicted molar refractivity (Wildman–Crippen MR) is 100 cm³/mol. The second-order valence-electron chi connectivity index (χ2n) is 10.2. The molecule has 26 heavy (non-hydrogen) atoms. The normalized spacial score (nSPS) is 46.9. The molecule has 4 bridgehead atoms. The standard InChI is InChI=1S/C21H35N3O2/c22-21(26)19-10-18(25)12-24(19)11-13-1-3-23(4-2-13)20-16-6-14-5-15(8-16)9-17(20)7-14/h13-20,25H,1-12H2,(H2,22,26)/t14?,15?,16?,17?,18-,19-,20?/m1/s1. The number of amides is 1. The molecule has 146 valence electrons. The third kappa shape index (κ3) is 3.10. The van der Waals surface area contributed by atoms with Crippen LogP contribution in [0.25, 0.3) is 0 Å². The first kappa shape index (κ1) is 17.4. The maximum Gasteiger partial charge on any atom is 0.234 e. The minimum atomic E-state index is -0.388. The van der Waals surface area contributed by atoms with Crippen LogP contribution in [-0.2, 0) is 4.79 Å². The lowest BCUT2D eigenvalue weighted by Gasteiger charge is -2.58. The number of carbonyl (C=O) groups is 1. The Balaban J connectivity index is 1.16. The van der Waals surface area contributed by atoms with E-state index in [9.17, 15) is 9.90 Å². The number of hydrogen-bond donors (Lipinski definition) is 2. The molecule has 2 aliphatic heterocycles. The Labute approximate surface area is 157 Å². The quantitative estimate of drug-likeness (QED) is 0.795. The van der Waals surface area contributed by atoms with Gasteiger partial charge in [0.1, 0.15) is 0 Å². The maximum atomic E-state index is 11.7. The van der Waals surface area contributed by atoms with Gasteiger partial charge in [0, 0.05) is 19.1 Å². The van der Waals surface area contributed by atoms with Gasteiger partial charge in [-0.15, -0.1) is 0 Å². The highest BCUT2D eigenvalue weighted by molar-refractivity contribution is 5.80. The highest BCUT2D eigenvalue weighted by Gasteiger charge is 2.50. The molecule has 2 atom stereocenters. The van der Waals surface area contributed by atoms with Crippen molar-refractivity contribution in [2.75, 3.05) is 26.2 Å². The fraction of sp³-hybridized carbons (Fsp3) is 0.952. The summed E-state index contributed by atoms with van der Waals surface area (Å²) in [7, 11) is 0. The molecule has 5 heteroatoms. The lowest BCUT2D eigenvalue weighted by atomic mass is 9.53. The minimum Gasteiger partial charge on any atom is -0.392 e. The molecule has 4 saturated carbocycles. The molecule has 0 unspecified atom stereocenters. The van der Waals surface area contributed by atoms with Crippen LogP contribution >= 0.6 is 0 Å². The number of rotatable bonds is 4. The Bertz CT molecular complexity index is 517. The van der Waals surface area contributed by atoms with Gasteiger partial charge in [-0.1, -0.05) is 0 Å². The molecule has 2 saturated heterocycles. The SMILES string of the molecule is NC(=O)[C@H]1C[C@@H](O)CN1CC1CCN(C2C3CC4CC(C3)CC2C4)CC1. The number of carbonyl (C=O) groups excluding carboxylic acids is 1. The fourth-order valence-electron chi connectivity index (χ4n) is 7.64. The number of nitrogens with zero attached hydrogens (tertiary/aromatic N) is 2. The highest BCUT2D eigenvalue weighted by atomic mass is 16.3. The molecule has 0 aromatic heterocycles. The first-order valence-corrected chi connectivity index (χ1v) is 11.0. The summed E-state index contributed by atoms with van der Waals surface area (Å²) >= 11 is 0. The Morgan fingerprint density at radius 2 is 1.58 bits per heavy atom.